The van der Waals surface area contributed by atoms with Crippen molar-refractivity contribution >= 4 is 21.6 Å². The Morgan fingerprint density at radius 3 is 2.79 bits per heavy atom. The molecule has 1 aromatic carbocycles. The van der Waals surface area contributed by atoms with Gasteiger partial charge in [0.2, 0.25) is 10.0 Å². The molecule has 1 fully saturated rings. The number of nitriles is 1. The van der Waals surface area contributed by atoms with Crippen LogP contribution in [0.3, 0.4) is 0 Å². The van der Waals surface area contributed by atoms with Crippen LogP contribution < -0.4 is 5.73 Å². The van der Waals surface area contributed by atoms with Gasteiger partial charge in [0.15, 0.2) is 0 Å². The summed E-state index contributed by atoms with van der Waals surface area (Å²) in [6.07, 6.45) is 1.57. The van der Waals surface area contributed by atoms with Gasteiger partial charge in [-0.3, -0.25) is 0 Å². The molecule has 19 heavy (non-hydrogen) atoms. The molecule has 7 heteroatoms. The molecule has 0 saturated carbocycles. The molecule has 0 aliphatic carbocycles. The van der Waals surface area contributed by atoms with Gasteiger partial charge in [-0.15, -0.1) is 0 Å². The van der Waals surface area contributed by atoms with Gasteiger partial charge in [-0.2, -0.15) is 9.57 Å². The molecule has 1 aromatic rings. The molecule has 0 unspecified atom stereocenters. The van der Waals surface area contributed by atoms with Crippen molar-refractivity contribution in [1.29, 1.82) is 5.26 Å². The third-order valence-electron chi connectivity index (χ3n) is 3.10. The fraction of sp³-hybridized carbons (Fsp3) is 0.417. The number of benzene rings is 1. The lowest BCUT2D eigenvalue weighted by Crippen LogP contribution is -2.45. The van der Waals surface area contributed by atoms with Crippen LogP contribution in [0.15, 0.2) is 23.1 Å². The summed E-state index contributed by atoms with van der Waals surface area (Å²) < 4.78 is 26.3. The molecule has 102 valence electrons. The Morgan fingerprint density at radius 2 is 2.21 bits per heavy atom. The van der Waals surface area contributed by atoms with Gasteiger partial charge in [-0.25, -0.2) is 8.42 Å². The minimum atomic E-state index is -3.64. The van der Waals surface area contributed by atoms with Crippen LogP contribution in [0.2, 0.25) is 5.02 Å². The highest BCUT2D eigenvalue weighted by Crippen LogP contribution is 2.27. The molecule has 2 N–H and O–H groups in total. The minimum absolute atomic E-state index is 0.0299. The van der Waals surface area contributed by atoms with Crippen molar-refractivity contribution in [3.05, 3.63) is 28.8 Å². The predicted octanol–water partition coefficient (Wildman–Crippen LogP) is 1.32. The second-order valence-corrected chi connectivity index (χ2v) is 6.84. The van der Waals surface area contributed by atoms with Crippen LogP contribution in [-0.2, 0) is 10.0 Å². The maximum Gasteiger partial charge on any atom is 0.244 e. The van der Waals surface area contributed by atoms with Gasteiger partial charge in [0.05, 0.1) is 16.7 Å². The second-order valence-electron chi connectivity index (χ2n) is 4.52. The largest absolute Gasteiger partial charge is 0.327 e. The lowest BCUT2D eigenvalue weighted by atomic mass is 10.1. The first-order chi connectivity index (χ1) is 8.95. The Labute approximate surface area is 117 Å². The summed E-state index contributed by atoms with van der Waals surface area (Å²) in [5, 5.41) is 8.82. The second kappa shape index (κ2) is 5.47. The lowest BCUT2D eigenvalue weighted by Gasteiger charge is -2.30. The maximum atomic E-state index is 12.5. The Hall–Kier alpha value is -1.13. The standard InChI is InChI=1S/C12H14ClN3O2S/c13-11-6-9(7-14)3-4-12(11)19(17,18)16-5-1-2-10(15)8-16/h3-4,6,10H,1-2,5,8,15H2/t10-/m1/s1. The predicted molar refractivity (Wildman–Crippen MR) is 72.1 cm³/mol. The first kappa shape index (κ1) is 14.3. The van der Waals surface area contributed by atoms with E-state index in [1.54, 1.807) is 0 Å². The monoisotopic (exact) mass is 299 g/mol. The number of nitrogens with zero attached hydrogens (tertiary/aromatic N) is 2. The molecular weight excluding hydrogens is 286 g/mol. The van der Waals surface area contributed by atoms with E-state index < -0.39 is 10.0 Å². The highest BCUT2D eigenvalue weighted by molar-refractivity contribution is 7.89. The number of halogens is 1. The van der Waals surface area contributed by atoms with Crippen molar-refractivity contribution in [1.82, 2.24) is 4.31 Å². The molecule has 1 aliphatic heterocycles. The summed E-state index contributed by atoms with van der Waals surface area (Å²) in [6.45, 7) is 0.755. The van der Waals surface area contributed by atoms with E-state index in [1.807, 2.05) is 6.07 Å². The number of rotatable bonds is 2. The van der Waals surface area contributed by atoms with E-state index in [1.165, 1.54) is 22.5 Å². The normalized spacial score (nSPS) is 21.0. The summed E-state index contributed by atoms with van der Waals surface area (Å²) in [5.41, 5.74) is 6.13. The topological polar surface area (TPSA) is 87.2 Å². The van der Waals surface area contributed by atoms with Gasteiger partial charge in [0, 0.05) is 19.1 Å². The van der Waals surface area contributed by atoms with Crippen LogP contribution in [0.4, 0.5) is 0 Å². The van der Waals surface area contributed by atoms with Crippen LogP contribution >= 0.6 is 11.6 Å². The van der Waals surface area contributed by atoms with E-state index in [2.05, 4.69) is 0 Å². The molecule has 0 bridgehead atoms. The van der Waals surface area contributed by atoms with Gasteiger partial charge in [-0.05, 0) is 31.0 Å². The summed E-state index contributed by atoms with van der Waals surface area (Å²) in [5.74, 6) is 0. The molecule has 0 aromatic heterocycles. The summed E-state index contributed by atoms with van der Waals surface area (Å²) in [4.78, 5) is 0.0299. The van der Waals surface area contributed by atoms with E-state index in [0.29, 0.717) is 18.7 Å². The molecule has 0 amide bonds. The minimum Gasteiger partial charge on any atom is -0.327 e. The molecular formula is C12H14ClN3O2S. The van der Waals surface area contributed by atoms with Crippen LogP contribution in [0.25, 0.3) is 0 Å². The molecule has 1 aliphatic rings. The van der Waals surface area contributed by atoms with Crippen molar-refractivity contribution in [3.63, 3.8) is 0 Å². The van der Waals surface area contributed by atoms with Gasteiger partial charge < -0.3 is 5.73 Å². The Balaban J connectivity index is 2.37. The van der Waals surface area contributed by atoms with Crippen molar-refractivity contribution in [2.45, 2.75) is 23.8 Å². The van der Waals surface area contributed by atoms with Crippen molar-refractivity contribution in [3.8, 4) is 6.07 Å². The lowest BCUT2D eigenvalue weighted by molar-refractivity contribution is 0.316. The van der Waals surface area contributed by atoms with E-state index >= 15 is 0 Å². The van der Waals surface area contributed by atoms with Gasteiger partial charge in [0.1, 0.15) is 4.90 Å². The number of hydrogen-bond acceptors (Lipinski definition) is 4. The fourth-order valence-electron chi connectivity index (χ4n) is 2.11. The van der Waals surface area contributed by atoms with E-state index in [4.69, 9.17) is 22.6 Å². The zero-order valence-corrected chi connectivity index (χ0v) is 11.8. The molecule has 1 atom stereocenters. The smallest absolute Gasteiger partial charge is 0.244 e. The average molecular weight is 300 g/mol. The number of hydrogen-bond donors (Lipinski definition) is 1. The summed E-state index contributed by atoms with van der Waals surface area (Å²) >= 11 is 5.96. The van der Waals surface area contributed by atoms with Crippen LogP contribution in [0.1, 0.15) is 18.4 Å². The summed E-state index contributed by atoms with van der Waals surface area (Å²) in [6, 6.07) is 5.96. The van der Waals surface area contributed by atoms with Gasteiger partial charge in [0.25, 0.3) is 0 Å². The van der Waals surface area contributed by atoms with Crippen molar-refractivity contribution in [2.24, 2.45) is 5.73 Å². The first-order valence-electron chi connectivity index (χ1n) is 5.90. The Bertz CT molecular complexity index is 624. The summed E-state index contributed by atoms with van der Waals surface area (Å²) in [7, 11) is -3.64. The average Bonchev–Trinajstić information content (AvgIpc) is 2.38. The van der Waals surface area contributed by atoms with Crippen LogP contribution in [0.5, 0.6) is 0 Å². The maximum absolute atomic E-state index is 12.5. The Morgan fingerprint density at radius 1 is 1.47 bits per heavy atom. The van der Waals surface area contributed by atoms with Gasteiger partial charge in [-0.1, -0.05) is 11.6 Å². The van der Waals surface area contributed by atoms with Crippen LogP contribution in [-0.4, -0.2) is 31.9 Å². The third-order valence-corrected chi connectivity index (χ3v) is 5.45. The van der Waals surface area contributed by atoms with Crippen LogP contribution in [0, 0.1) is 11.3 Å². The molecule has 2 rings (SSSR count). The number of piperidine rings is 1. The quantitative estimate of drug-likeness (QED) is 0.892. The highest BCUT2D eigenvalue weighted by Gasteiger charge is 2.30. The Kier molecular flexibility index (Phi) is 4.11. The highest BCUT2D eigenvalue weighted by atomic mass is 35.5. The zero-order chi connectivity index (χ0) is 14.0. The molecule has 0 radical (unpaired) electrons. The molecule has 1 saturated heterocycles. The first-order valence-corrected chi connectivity index (χ1v) is 7.72. The van der Waals surface area contributed by atoms with E-state index in [0.717, 1.165) is 12.8 Å². The number of nitrogens with two attached hydrogens (primary N) is 1. The van der Waals surface area contributed by atoms with Gasteiger partial charge >= 0.3 is 0 Å². The van der Waals surface area contributed by atoms with E-state index in [9.17, 15) is 8.42 Å². The van der Waals surface area contributed by atoms with Crippen molar-refractivity contribution < 1.29 is 8.42 Å². The third kappa shape index (κ3) is 2.90. The van der Waals surface area contributed by atoms with Crippen molar-refractivity contribution in [2.75, 3.05) is 13.1 Å². The molecule has 1 heterocycles. The zero-order valence-electron chi connectivity index (χ0n) is 10.2. The molecule has 5 nitrogen and oxygen atoms in total. The number of sulfonamides is 1. The van der Waals surface area contributed by atoms with E-state index in [-0.39, 0.29) is 16.0 Å². The SMILES string of the molecule is N#Cc1ccc(S(=O)(=O)N2CCC[C@@H](N)C2)c(Cl)c1. The fourth-order valence-corrected chi connectivity index (χ4v) is 4.16. The molecule has 0 spiro atoms.